The summed E-state index contributed by atoms with van der Waals surface area (Å²) in [4.78, 5) is 37.4. The molecule has 0 bridgehead atoms. The van der Waals surface area contributed by atoms with Crippen LogP contribution in [0.1, 0.15) is 35.3 Å². The summed E-state index contributed by atoms with van der Waals surface area (Å²) >= 11 is 0. The van der Waals surface area contributed by atoms with E-state index in [9.17, 15) is 14.7 Å². The molecule has 5 rings (SSSR count). The van der Waals surface area contributed by atoms with E-state index in [0.29, 0.717) is 58.3 Å². The van der Waals surface area contributed by atoms with Gasteiger partial charge in [0.05, 0.1) is 30.3 Å². The van der Waals surface area contributed by atoms with Gasteiger partial charge >= 0.3 is 0 Å². The third kappa shape index (κ3) is 4.59. The van der Waals surface area contributed by atoms with Crippen LogP contribution in [-0.4, -0.2) is 46.2 Å². The highest BCUT2D eigenvalue weighted by atomic mass is 16.5. The maximum Gasteiger partial charge on any atom is 0.263 e. The van der Waals surface area contributed by atoms with Crippen molar-refractivity contribution in [3.63, 3.8) is 0 Å². The Hall–Kier alpha value is -4.64. The molecule has 0 saturated carbocycles. The summed E-state index contributed by atoms with van der Waals surface area (Å²) in [5.41, 5.74) is 1.72. The first-order valence-electron chi connectivity index (χ1n) is 12.0. The number of carbonyl (C=O) groups is 1. The van der Waals surface area contributed by atoms with Gasteiger partial charge < -0.3 is 35.5 Å². The molecule has 1 amide bonds. The fraction of sp³-hybridized carbons (Fsp3) is 0.259. The summed E-state index contributed by atoms with van der Waals surface area (Å²) in [5.74, 6) is 0.298. The lowest BCUT2D eigenvalue weighted by Crippen LogP contribution is -2.25. The Kier molecular flexibility index (Phi) is 6.37. The molecule has 38 heavy (non-hydrogen) atoms. The van der Waals surface area contributed by atoms with Crippen LogP contribution in [0.4, 0.5) is 22.7 Å². The normalized spacial score (nSPS) is 12.8. The molecule has 1 aliphatic heterocycles. The molecule has 0 unspecified atom stereocenters. The fourth-order valence-electron chi connectivity index (χ4n) is 4.44. The maximum absolute atomic E-state index is 13.4. The average molecular weight is 517 g/mol. The molecule has 3 aromatic heterocycles. The van der Waals surface area contributed by atoms with Crippen LogP contribution in [-0.2, 0) is 5.60 Å². The largest absolute Gasteiger partial charge is 0.481 e. The number of aliphatic hydroxyl groups is 1. The molecule has 4 heterocycles. The van der Waals surface area contributed by atoms with Crippen molar-refractivity contribution >= 4 is 39.4 Å². The smallest absolute Gasteiger partial charge is 0.263 e. The molecule has 11 heteroatoms. The second kappa shape index (κ2) is 9.67. The van der Waals surface area contributed by atoms with Crippen molar-refractivity contribution < 1.29 is 19.4 Å². The van der Waals surface area contributed by atoms with Crippen LogP contribution in [0.15, 0.2) is 47.7 Å². The van der Waals surface area contributed by atoms with Gasteiger partial charge in [-0.1, -0.05) is 0 Å². The van der Waals surface area contributed by atoms with Gasteiger partial charge in [0.1, 0.15) is 17.9 Å². The molecule has 0 radical (unpaired) electrons. The summed E-state index contributed by atoms with van der Waals surface area (Å²) in [6, 6.07) is 6.77. The predicted molar refractivity (Wildman–Crippen MR) is 145 cm³/mol. The second-order valence-electron chi connectivity index (χ2n) is 9.43. The van der Waals surface area contributed by atoms with Crippen molar-refractivity contribution in [2.45, 2.75) is 26.4 Å². The van der Waals surface area contributed by atoms with E-state index in [1.54, 1.807) is 50.5 Å². The zero-order valence-electron chi connectivity index (χ0n) is 21.4. The molecule has 1 aromatic carbocycles. The third-order valence-corrected chi connectivity index (χ3v) is 6.37. The Morgan fingerprint density at radius 2 is 1.97 bits per heavy atom. The number of rotatable bonds is 6. The summed E-state index contributed by atoms with van der Waals surface area (Å²) in [7, 11) is 1.51. The van der Waals surface area contributed by atoms with E-state index in [0.717, 1.165) is 11.3 Å². The lowest BCUT2D eigenvalue weighted by atomic mass is 9.94. The van der Waals surface area contributed by atoms with Gasteiger partial charge in [0.2, 0.25) is 11.8 Å². The topological polar surface area (TPSA) is 150 Å². The lowest BCUT2D eigenvalue weighted by Gasteiger charge is -2.22. The Bertz CT molecular complexity index is 1610. The number of amides is 1. The van der Waals surface area contributed by atoms with E-state index in [1.807, 2.05) is 6.92 Å². The summed E-state index contributed by atoms with van der Waals surface area (Å²) in [5, 5.41) is 21.3. The molecular weight excluding hydrogens is 488 g/mol. The SMILES string of the molecule is COc1ncc(C(C)(C)O)c2cc(NC(=O)c3c(Nc4cnc5c(c4C)NCCO5)cc[nH]c3=O)ccc12. The van der Waals surface area contributed by atoms with E-state index >= 15 is 0 Å². The van der Waals surface area contributed by atoms with Crippen molar-refractivity contribution in [1.82, 2.24) is 15.0 Å². The van der Waals surface area contributed by atoms with Gasteiger partial charge in [-0.05, 0) is 50.4 Å². The van der Waals surface area contributed by atoms with Crippen LogP contribution in [0.5, 0.6) is 11.8 Å². The minimum absolute atomic E-state index is 0.0936. The third-order valence-electron chi connectivity index (χ3n) is 6.37. The summed E-state index contributed by atoms with van der Waals surface area (Å²) in [6.07, 6.45) is 4.62. The second-order valence-corrected chi connectivity index (χ2v) is 9.43. The number of aromatic amines is 1. The van der Waals surface area contributed by atoms with Gasteiger partial charge in [-0.3, -0.25) is 9.59 Å². The number of ether oxygens (including phenoxy) is 2. The van der Waals surface area contributed by atoms with Crippen molar-refractivity contribution in [2.24, 2.45) is 0 Å². The van der Waals surface area contributed by atoms with Crippen molar-refractivity contribution in [1.29, 1.82) is 0 Å². The molecule has 0 spiro atoms. The van der Waals surface area contributed by atoms with Crippen molar-refractivity contribution in [3.8, 4) is 11.8 Å². The lowest BCUT2D eigenvalue weighted by molar-refractivity contribution is 0.0798. The number of nitrogens with zero attached hydrogens (tertiary/aromatic N) is 2. The molecule has 11 nitrogen and oxygen atoms in total. The standard InChI is InChI=1S/C27H28N6O5/c1-14-20(13-31-26-22(14)28-9-10-38-26)33-19-7-8-29-23(34)21(19)24(35)32-15-5-6-16-17(11-15)18(27(2,3)36)12-30-25(16)37-4/h5-8,11-13,28,36H,9-10H2,1-4H3,(H,32,35)(H2,29,33,34). The van der Waals surface area contributed by atoms with Crippen molar-refractivity contribution in [3.05, 3.63) is 69.9 Å². The molecule has 1 aliphatic rings. The number of hydrogen-bond acceptors (Lipinski definition) is 9. The molecular formula is C27H28N6O5. The maximum atomic E-state index is 13.4. The Labute approximate surface area is 218 Å². The molecule has 4 aromatic rings. The van der Waals surface area contributed by atoms with Gasteiger partial charge in [0.15, 0.2) is 0 Å². The van der Waals surface area contributed by atoms with E-state index in [2.05, 4.69) is 30.9 Å². The predicted octanol–water partition coefficient (Wildman–Crippen LogP) is 3.66. The molecule has 0 fully saturated rings. The Balaban J connectivity index is 1.50. The van der Waals surface area contributed by atoms with Gasteiger partial charge in [-0.15, -0.1) is 0 Å². The Morgan fingerprint density at radius 1 is 1.16 bits per heavy atom. The highest BCUT2D eigenvalue weighted by molar-refractivity contribution is 6.09. The number of fused-ring (bicyclic) bond motifs is 2. The van der Waals surface area contributed by atoms with Gasteiger partial charge in [-0.2, -0.15) is 0 Å². The molecule has 196 valence electrons. The van der Waals surface area contributed by atoms with Crippen LogP contribution < -0.4 is 31.0 Å². The number of nitrogens with one attached hydrogen (secondary N) is 4. The Morgan fingerprint density at radius 3 is 2.74 bits per heavy atom. The highest BCUT2D eigenvalue weighted by Crippen LogP contribution is 2.36. The highest BCUT2D eigenvalue weighted by Gasteiger charge is 2.23. The number of methoxy groups -OCH3 is 1. The van der Waals surface area contributed by atoms with E-state index in [4.69, 9.17) is 9.47 Å². The number of H-pyrrole nitrogens is 1. The van der Waals surface area contributed by atoms with E-state index < -0.39 is 17.1 Å². The number of aromatic nitrogens is 3. The number of carbonyl (C=O) groups excluding carboxylic acids is 1. The van der Waals surface area contributed by atoms with Crippen molar-refractivity contribution in [2.75, 3.05) is 36.2 Å². The molecule has 0 saturated heterocycles. The monoisotopic (exact) mass is 516 g/mol. The van der Waals surface area contributed by atoms with E-state index in [1.165, 1.54) is 13.3 Å². The first kappa shape index (κ1) is 25.0. The minimum Gasteiger partial charge on any atom is -0.481 e. The summed E-state index contributed by atoms with van der Waals surface area (Å²) in [6.45, 7) is 6.39. The summed E-state index contributed by atoms with van der Waals surface area (Å²) < 4.78 is 10.9. The van der Waals surface area contributed by atoms with E-state index in [-0.39, 0.29) is 5.56 Å². The molecule has 0 aliphatic carbocycles. The molecule has 0 atom stereocenters. The zero-order chi connectivity index (χ0) is 27.0. The van der Waals surface area contributed by atoms with Gasteiger partial charge in [0, 0.05) is 41.1 Å². The first-order chi connectivity index (χ1) is 18.2. The quantitative estimate of drug-likeness (QED) is 0.259. The number of hydrogen-bond donors (Lipinski definition) is 5. The first-order valence-corrected chi connectivity index (χ1v) is 12.0. The number of anilines is 4. The van der Waals surface area contributed by atoms with Gasteiger partial charge in [-0.25, -0.2) is 9.97 Å². The van der Waals surface area contributed by atoms with Crippen LogP contribution in [0.25, 0.3) is 10.8 Å². The van der Waals surface area contributed by atoms with Crippen LogP contribution in [0.3, 0.4) is 0 Å². The number of pyridine rings is 3. The van der Waals surface area contributed by atoms with Crippen LogP contribution in [0, 0.1) is 6.92 Å². The van der Waals surface area contributed by atoms with Crippen LogP contribution >= 0.6 is 0 Å². The molecule has 5 N–H and O–H groups in total. The fourth-order valence-corrected chi connectivity index (χ4v) is 4.44. The van der Waals surface area contributed by atoms with Crippen LogP contribution in [0.2, 0.25) is 0 Å². The zero-order valence-corrected chi connectivity index (χ0v) is 21.4. The van der Waals surface area contributed by atoms with Gasteiger partial charge in [0.25, 0.3) is 11.5 Å². The average Bonchev–Trinajstić information content (AvgIpc) is 2.89. The minimum atomic E-state index is -1.19. The number of benzene rings is 1.